The minimum Gasteiger partial charge on any atom is -0.491 e. The summed E-state index contributed by atoms with van der Waals surface area (Å²) in [5.74, 6) is 1.59. The Morgan fingerprint density at radius 2 is 2.00 bits per heavy atom. The maximum absolute atomic E-state index is 11.8. The third-order valence-corrected chi connectivity index (χ3v) is 4.81. The van der Waals surface area contributed by atoms with Crippen LogP contribution in [-0.4, -0.2) is 27.9 Å². The van der Waals surface area contributed by atoms with Crippen molar-refractivity contribution in [3.63, 3.8) is 0 Å². The third-order valence-electron chi connectivity index (χ3n) is 3.09. The summed E-state index contributed by atoms with van der Waals surface area (Å²) in [5.41, 5.74) is 1.19. The van der Waals surface area contributed by atoms with Gasteiger partial charge in [0.2, 0.25) is 0 Å². The van der Waals surface area contributed by atoms with Gasteiger partial charge in [-0.2, -0.15) is 0 Å². The van der Waals surface area contributed by atoms with Crippen molar-refractivity contribution in [3.05, 3.63) is 29.8 Å². The largest absolute Gasteiger partial charge is 0.491 e. The highest BCUT2D eigenvalue weighted by molar-refractivity contribution is 7.85. The predicted octanol–water partition coefficient (Wildman–Crippen LogP) is 2.26. The lowest BCUT2D eigenvalue weighted by atomic mass is 10.1. The highest BCUT2D eigenvalue weighted by atomic mass is 32.2. The van der Waals surface area contributed by atoms with Crippen molar-refractivity contribution in [1.29, 1.82) is 0 Å². The van der Waals surface area contributed by atoms with Crippen molar-refractivity contribution in [2.24, 2.45) is 0 Å². The van der Waals surface area contributed by atoms with E-state index in [0.29, 0.717) is 5.75 Å². The molecule has 2 rings (SSSR count). The Morgan fingerprint density at radius 3 is 2.56 bits per heavy atom. The minimum absolute atomic E-state index is 0.192. The second-order valence-corrected chi connectivity index (χ2v) is 6.95. The summed E-state index contributed by atoms with van der Waals surface area (Å²) in [6.07, 6.45) is 0.192. The predicted molar refractivity (Wildman–Crippen MR) is 75.4 cm³/mol. The SMILES string of the molecule is CC(C)Oc1ccc(C2CS(=O)C(C)CN2)cc1. The van der Waals surface area contributed by atoms with Crippen molar-refractivity contribution in [1.82, 2.24) is 5.32 Å². The van der Waals surface area contributed by atoms with Crippen LogP contribution in [0.2, 0.25) is 0 Å². The number of rotatable bonds is 3. The first-order valence-corrected chi connectivity index (χ1v) is 7.81. The van der Waals surface area contributed by atoms with Crippen LogP contribution in [0.5, 0.6) is 5.75 Å². The molecule has 1 N–H and O–H groups in total. The molecule has 1 aromatic rings. The summed E-state index contributed by atoms with van der Waals surface area (Å²) < 4.78 is 17.5. The first-order chi connectivity index (χ1) is 8.56. The zero-order valence-corrected chi connectivity index (χ0v) is 12.0. The smallest absolute Gasteiger partial charge is 0.119 e. The average Bonchev–Trinajstić information content (AvgIpc) is 2.33. The van der Waals surface area contributed by atoms with E-state index in [1.54, 1.807) is 0 Å². The average molecular weight is 267 g/mol. The fourth-order valence-electron chi connectivity index (χ4n) is 2.05. The van der Waals surface area contributed by atoms with Crippen LogP contribution in [0.1, 0.15) is 32.4 Å². The van der Waals surface area contributed by atoms with Crippen molar-refractivity contribution < 1.29 is 8.95 Å². The summed E-state index contributed by atoms with van der Waals surface area (Å²) in [5, 5.41) is 3.70. The Bertz CT molecular complexity index is 416. The Balaban J connectivity index is 2.03. The molecule has 0 amide bonds. The van der Waals surface area contributed by atoms with Crippen molar-refractivity contribution in [3.8, 4) is 5.75 Å². The van der Waals surface area contributed by atoms with E-state index >= 15 is 0 Å². The van der Waals surface area contributed by atoms with Gasteiger partial charge in [0.1, 0.15) is 5.75 Å². The van der Waals surface area contributed by atoms with E-state index in [1.165, 1.54) is 5.56 Å². The van der Waals surface area contributed by atoms with E-state index in [0.717, 1.165) is 12.3 Å². The first kappa shape index (κ1) is 13.6. The number of ether oxygens (including phenoxy) is 1. The van der Waals surface area contributed by atoms with Crippen LogP contribution in [0.25, 0.3) is 0 Å². The zero-order valence-electron chi connectivity index (χ0n) is 11.2. The summed E-state index contributed by atoms with van der Waals surface area (Å²) >= 11 is 0. The van der Waals surface area contributed by atoms with Crippen LogP contribution in [-0.2, 0) is 10.8 Å². The van der Waals surface area contributed by atoms with Crippen LogP contribution < -0.4 is 10.1 Å². The first-order valence-electron chi connectivity index (χ1n) is 6.43. The highest BCUT2D eigenvalue weighted by Crippen LogP contribution is 2.22. The van der Waals surface area contributed by atoms with Crippen LogP contribution in [0.4, 0.5) is 0 Å². The van der Waals surface area contributed by atoms with E-state index in [4.69, 9.17) is 4.74 Å². The highest BCUT2D eigenvalue weighted by Gasteiger charge is 2.24. The van der Waals surface area contributed by atoms with Crippen LogP contribution in [0.15, 0.2) is 24.3 Å². The number of hydrogen-bond acceptors (Lipinski definition) is 3. The molecule has 3 atom stereocenters. The van der Waals surface area contributed by atoms with Crippen molar-refractivity contribution in [2.45, 2.75) is 38.2 Å². The quantitative estimate of drug-likeness (QED) is 0.913. The molecule has 0 bridgehead atoms. The van der Waals surface area contributed by atoms with Gasteiger partial charge in [-0.1, -0.05) is 12.1 Å². The Kier molecular flexibility index (Phi) is 4.40. The van der Waals surface area contributed by atoms with Crippen molar-refractivity contribution in [2.75, 3.05) is 12.3 Å². The van der Waals surface area contributed by atoms with Gasteiger partial charge in [0, 0.05) is 34.4 Å². The molecule has 3 nitrogen and oxygen atoms in total. The molecule has 4 heteroatoms. The summed E-state index contributed by atoms with van der Waals surface area (Å²) in [6, 6.07) is 8.29. The van der Waals surface area contributed by atoms with E-state index < -0.39 is 10.8 Å². The van der Waals surface area contributed by atoms with Gasteiger partial charge < -0.3 is 10.1 Å². The van der Waals surface area contributed by atoms with Gasteiger partial charge in [-0.3, -0.25) is 4.21 Å². The van der Waals surface area contributed by atoms with E-state index in [1.807, 2.05) is 32.9 Å². The van der Waals surface area contributed by atoms with E-state index in [2.05, 4.69) is 17.4 Å². The van der Waals surface area contributed by atoms with Gasteiger partial charge in [0.25, 0.3) is 0 Å². The molecule has 0 spiro atoms. The maximum Gasteiger partial charge on any atom is 0.119 e. The van der Waals surface area contributed by atoms with Crippen LogP contribution in [0.3, 0.4) is 0 Å². The van der Waals surface area contributed by atoms with Crippen LogP contribution in [0, 0.1) is 0 Å². The van der Waals surface area contributed by atoms with E-state index in [9.17, 15) is 4.21 Å². The molecule has 1 aliphatic rings. The van der Waals surface area contributed by atoms with Gasteiger partial charge in [-0.15, -0.1) is 0 Å². The zero-order chi connectivity index (χ0) is 13.1. The molecular weight excluding hydrogens is 246 g/mol. The fraction of sp³-hybridized carbons (Fsp3) is 0.571. The molecule has 3 unspecified atom stereocenters. The molecule has 0 saturated carbocycles. The number of benzene rings is 1. The lowest BCUT2D eigenvalue weighted by molar-refractivity contribution is 0.242. The topological polar surface area (TPSA) is 38.3 Å². The normalized spacial score (nSPS) is 28.3. The van der Waals surface area contributed by atoms with Crippen LogP contribution >= 0.6 is 0 Å². The molecular formula is C14H21NO2S. The second kappa shape index (κ2) is 5.85. The molecule has 0 radical (unpaired) electrons. The number of hydrogen-bond donors (Lipinski definition) is 1. The Hall–Kier alpha value is -0.870. The molecule has 1 saturated heterocycles. The van der Waals surface area contributed by atoms with Gasteiger partial charge >= 0.3 is 0 Å². The third kappa shape index (κ3) is 3.33. The Morgan fingerprint density at radius 1 is 1.33 bits per heavy atom. The van der Waals surface area contributed by atoms with Gasteiger partial charge in [-0.25, -0.2) is 0 Å². The minimum atomic E-state index is -0.724. The molecule has 1 aromatic carbocycles. The standard InChI is InChI=1S/C14H21NO2S/c1-10(2)17-13-6-4-12(5-7-13)14-9-18(16)11(3)8-15-14/h4-7,10-11,14-15H,8-9H2,1-3H3. The fourth-order valence-corrected chi connectivity index (χ4v) is 3.30. The summed E-state index contributed by atoms with van der Waals surface area (Å²) in [7, 11) is -0.724. The Labute approximate surface area is 111 Å². The monoisotopic (exact) mass is 267 g/mol. The molecule has 0 aliphatic carbocycles. The molecule has 18 heavy (non-hydrogen) atoms. The second-order valence-electron chi connectivity index (χ2n) is 5.05. The summed E-state index contributed by atoms with van der Waals surface area (Å²) in [6.45, 7) is 6.88. The molecule has 1 heterocycles. The molecule has 1 aliphatic heterocycles. The summed E-state index contributed by atoms with van der Waals surface area (Å²) in [4.78, 5) is 0. The van der Waals surface area contributed by atoms with Gasteiger partial charge in [0.15, 0.2) is 0 Å². The molecule has 100 valence electrons. The lowest BCUT2D eigenvalue weighted by Crippen LogP contribution is -2.41. The number of nitrogens with one attached hydrogen (secondary N) is 1. The van der Waals surface area contributed by atoms with Gasteiger partial charge in [-0.05, 0) is 38.5 Å². The molecule has 0 aromatic heterocycles. The van der Waals surface area contributed by atoms with Crippen molar-refractivity contribution >= 4 is 10.8 Å². The van der Waals surface area contributed by atoms with Gasteiger partial charge in [0.05, 0.1) is 6.10 Å². The maximum atomic E-state index is 11.8. The van der Waals surface area contributed by atoms with E-state index in [-0.39, 0.29) is 17.4 Å². The lowest BCUT2D eigenvalue weighted by Gasteiger charge is -2.27. The molecule has 1 fully saturated rings.